The molecule has 164 valence electrons. The highest BCUT2D eigenvalue weighted by Gasteiger charge is 2.40. The van der Waals surface area contributed by atoms with Crippen LogP contribution in [0.1, 0.15) is 23.9 Å². The van der Waals surface area contributed by atoms with Crippen molar-refractivity contribution in [2.24, 2.45) is 5.92 Å². The van der Waals surface area contributed by atoms with Crippen LogP contribution in [-0.4, -0.2) is 38.1 Å². The number of fused-ring (bicyclic) bond motifs is 2. The van der Waals surface area contributed by atoms with Gasteiger partial charge >= 0.3 is 0 Å². The Bertz CT molecular complexity index is 1480. The van der Waals surface area contributed by atoms with Gasteiger partial charge in [0.25, 0.3) is 0 Å². The Morgan fingerprint density at radius 1 is 1.06 bits per heavy atom. The van der Waals surface area contributed by atoms with Crippen molar-refractivity contribution in [3.8, 4) is 22.9 Å². The van der Waals surface area contributed by atoms with Gasteiger partial charge in [-0.3, -0.25) is 9.38 Å². The number of imidazole rings is 1. The molecule has 5 aromatic rings. The molecule has 0 aliphatic heterocycles. The first-order valence-electron chi connectivity index (χ1n) is 11.0. The third-order valence-electron chi connectivity index (χ3n) is 6.22. The summed E-state index contributed by atoms with van der Waals surface area (Å²) in [6.07, 6.45) is 6.49. The number of benzene rings is 1. The van der Waals surface area contributed by atoms with E-state index in [-0.39, 0.29) is 0 Å². The van der Waals surface area contributed by atoms with Crippen LogP contribution in [0.15, 0.2) is 67.1 Å². The molecule has 0 bridgehead atoms. The van der Waals surface area contributed by atoms with Crippen LogP contribution in [0.3, 0.4) is 0 Å². The molecule has 33 heavy (non-hydrogen) atoms. The van der Waals surface area contributed by atoms with E-state index in [4.69, 9.17) is 14.5 Å². The Balaban J connectivity index is 1.24. The number of ether oxygens (including phenoxy) is 2. The van der Waals surface area contributed by atoms with E-state index >= 15 is 0 Å². The van der Waals surface area contributed by atoms with Gasteiger partial charge in [0, 0.05) is 47.6 Å². The van der Waals surface area contributed by atoms with Crippen molar-refractivity contribution in [3.05, 3.63) is 78.6 Å². The molecule has 7 nitrogen and oxygen atoms in total. The molecule has 1 aliphatic rings. The lowest BCUT2D eigenvalue weighted by atomic mass is 10.1. The van der Waals surface area contributed by atoms with E-state index in [1.165, 1.54) is 5.39 Å². The van der Waals surface area contributed by atoms with Crippen LogP contribution in [0.5, 0.6) is 11.8 Å². The van der Waals surface area contributed by atoms with E-state index in [1.807, 2.05) is 41.8 Å². The van der Waals surface area contributed by atoms with Gasteiger partial charge in [-0.2, -0.15) is 4.98 Å². The molecule has 7 heteroatoms. The van der Waals surface area contributed by atoms with Crippen LogP contribution in [0.25, 0.3) is 27.7 Å². The van der Waals surface area contributed by atoms with Gasteiger partial charge in [-0.05, 0) is 37.1 Å². The smallest absolute Gasteiger partial charge is 0.224 e. The van der Waals surface area contributed by atoms with Crippen LogP contribution < -0.4 is 9.47 Å². The fourth-order valence-corrected chi connectivity index (χ4v) is 4.33. The second-order valence-electron chi connectivity index (χ2n) is 8.42. The molecule has 4 aromatic heterocycles. The molecule has 0 saturated heterocycles. The minimum Gasteiger partial charge on any atom is -0.482 e. The highest BCUT2D eigenvalue weighted by atomic mass is 16.5. The first-order chi connectivity index (χ1) is 16.2. The van der Waals surface area contributed by atoms with Crippen molar-refractivity contribution < 1.29 is 9.47 Å². The molecule has 0 unspecified atom stereocenters. The van der Waals surface area contributed by atoms with Gasteiger partial charge in [0.2, 0.25) is 5.88 Å². The molecular weight excluding hydrogens is 414 g/mol. The van der Waals surface area contributed by atoms with E-state index in [0.29, 0.717) is 36.0 Å². The molecule has 1 aliphatic carbocycles. The fourth-order valence-electron chi connectivity index (χ4n) is 4.33. The van der Waals surface area contributed by atoms with Crippen LogP contribution in [-0.2, 0) is 0 Å². The predicted molar refractivity (Wildman–Crippen MR) is 126 cm³/mol. The first kappa shape index (κ1) is 19.7. The van der Waals surface area contributed by atoms with Crippen molar-refractivity contribution in [2.45, 2.75) is 19.3 Å². The largest absolute Gasteiger partial charge is 0.482 e. The maximum atomic E-state index is 6.26. The summed E-state index contributed by atoms with van der Waals surface area (Å²) in [5, 5.41) is 1.17. The lowest BCUT2D eigenvalue weighted by molar-refractivity contribution is 0.285. The van der Waals surface area contributed by atoms with Crippen molar-refractivity contribution in [1.82, 2.24) is 24.3 Å². The van der Waals surface area contributed by atoms with Gasteiger partial charge in [0.1, 0.15) is 11.5 Å². The maximum absolute atomic E-state index is 6.26. The van der Waals surface area contributed by atoms with Gasteiger partial charge in [-0.1, -0.05) is 24.3 Å². The van der Waals surface area contributed by atoms with E-state index in [2.05, 4.69) is 39.2 Å². The molecule has 0 amide bonds. The normalized spacial score (nSPS) is 17.4. The van der Waals surface area contributed by atoms with Crippen molar-refractivity contribution in [2.75, 3.05) is 13.7 Å². The average Bonchev–Trinajstić information content (AvgIpc) is 3.47. The van der Waals surface area contributed by atoms with Crippen molar-refractivity contribution in [3.63, 3.8) is 0 Å². The zero-order chi connectivity index (χ0) is 22.4. The van der Waals surface area contributed by atoms with E-state index < -0.39 is 0 Å². The second kappa shape index (κ2) is 7.85. The highest BCUT2D eigenvalue weighted by Crippen LogP contribution is 2.47. The number of nitrogens with zero attached hydrogens (tertiary/aromatic N) is 5. The van der Waals surface area contributed by atoms with Gasteiger partial charge in [-0.25, -0.2) is 9.97 Å². The van der Waals surface area contributed by atoms with E-state index in [1.54, 1.807) is 19.5 Å². The molecule has 0 spiro atoms. The molecule has 1 aromatic carbocycles. The Morgan fingerprint density at radius 2 is 1.97 bits per heavy atom. The second-order valence-corrected chi connectivity index (χ2v) is 8.42. The predicted octanol–water partition coefficient (Wildman–Crippen LogP) is 4.84. The van der Waals surface area contributed by atoms with Gasteiger partial charge in [0.15, 0.2) is 5.88 Å². The number of aryl methyl sites for hydroxylation is 1. The van der Waals surface area contributed by atoms with E-state index in [9.17, 15) is 0 Å². The highest BCUT2D eigenvalue weighted by molar-refractivity contribution is 5.78. The van der Waals surface area contributed by atoms with Crippen LogP contribution >= 0.6 is 0 Å². The molecule has 4 heterocycles. The Hall–Kier alpha value is -4.00. The number of pyridine rings is 2. The fraction of sp³-hybridized carbons (Fsp3) is 0.231. The summed E-state index contributed by atoms with van der Waals surface area (Å²) in [4.78, 5) is 18.3. The quantitative estimate of drug-likeness (QED) is 0.378. The summed E-state index contributed by atoms with van der Waals surface area (Å²) >= 11 is 0. The summed E-state index contributed by atoms with van der Waals surface area (Å²) < 4.78 is 13.7. The third-order valence-corrected chi connectivity index (χ3v) is 6.22. The molecule has 0 N–H and O–H groups in total. The SMILES string of the molecule is COc1cc(-c2cnc(C)nc2OC[C@H]2C[C@@H]2c2ccc3ccccc3n2)cc2nccn12. The first-order valence-corrected chi connectivity index (χ1v) is 11.0. The van der Waals surface area contributed by atoms with Crippen molar-refractivity contribution >= 4 is 16.6 Å². The summed E-state index contributed by atoms with van der Waals surface area (Å²) in [6.45, 7) is 2.46. The standard InChI is InChI=1S/C26H23N5O2/c1-16-28-14-21(18-12-24-27-9-10-31(24)25(13-18)32-2)26(29-16)33-15-19-11-20(19)23-8-7-17-5-3-4-6-22(17)30-23/h3-10,12-14,19-20H,11,15H2,1-2H3/t19-,20+/m1/s1. The maximum Gasteiger partial charge on any atom is 0.224 e. The van der Waals surface area contributed by atoms with Gasteiger partial charge in [-0.15, -0.1) is 0 Å². The molecule has 1 saturated carbocycles. The number of hydrogen-bond acceptors (Lipinski definition) is 6. The lowest BCUT2D eigenvalue weighted by Gasteiger charge is -2.13. The van der Waals surface area contributed by atoms with Crippen LogP contribution in [0.2, 0.25) is 0 Å². The molecule has 1 fully saturated rings. The summed E-state index contributed by atoms with van der Waals surface area (Å²) in [5.74, 6) is 2.79. The molecule has 2 atom stereocenters. The topological polar surface area (TPSA) is 74.4 Å². The minimum atomic E-state index is 0.419. The lowest BCUT2D eigenvalue weighted by Crippen LogP contribution is -2.06. The Kier molecular flexibility index (Phi) is 4.68. The molecular formula is C26H23N5O2. The summed E-state index contributed by atoms with van der Waals surface area (Å²) in [7, 11) is 1.65. The average molecular weight is 438 g/mol. The molecule has 6 rings (SSSR count). The number of para-hydroxylation sites is 1. The number of rotatable bonds is 6. The number of hydrogen-bond donors (Lipinski definition) is 0. The van der Waals surface area contributed by atoms with E-state index in [0.717, 1.165) is 34.4 Å². The Morgan fingerprint density at radius 3 is 2.88 bits per heavy atom. The zero-order valence-electron chi connectivity index (χ0n) is 18.5. The molecule has 0 radical (unpaired) electrons. The van der Waals surface area contributed by atoms with Gasteiger partial charge in [0.05, 0.1) is 24.8 Å². The van der Waals surface area contributed by atoms with Gasteiger partial charge < -0.3 is 9.47 Å². The van der Waals surface area contributed by atoms with Crippen LogP contribution in [0, 0.1) is 12.8 Å². The third kappa shape index (κ3) is 3.65. The monoisotopic (exact) mass is 437 g/mol. The van der Waals surface area contributed by atoms with Crippen molar-refractivity contribution in [1.29, 1.82) is 0 Å². The number of aromatic nitrogens is 5. The minimum absolute atomic E-state index is 0.419. The summed E-state index contributed by atoms with van der Waals surface area (Å²) in [6, 6.07) is 16.5. The summed E-state index contributed by atoms with van der Waals surface area (Å²) in [5.41, 5.74) is 4.70. The number of methoxy groups -OCH3 is 1. The van der Waals surface area contributed by atoms with Crippen LogP contribution in [0.4, 0.5) is 0 Å². The Labute approximate surface area is 191 Å². The zero-order valence-corrected chi connectivity index (χ0v) is 18.5.